The minimum absolute atomic E-state index is 0.0266. The van der Waals surface area contributed by atoms with Crippen LogP contribution in [0.15, 0.2) is 71.2 Å². The molecule has 11 heteroatoms. The van der Waals surface area contributed by atoms with E-state index in [1.807, 2.05) is 0 Å². The summed E-state index contributed by atoms with van der Waals surface area (Å²) in [5.74, 6) is -3.45. The molecule has 2 N–H and O–H groups in total. The van der Waals surface area contributed by atoms with Crippen LogP contribution in [0.3, 0.4) is 0 Å². The van der Waals surface area contributed by atoms with E-state index in [0.717, 1.165) is 0 Å². The van der Waals surface area contributed by atoms with Gasteiger partial charge in [0.15, 0.2) is 5.69 Å². The second-order valence-electron chi connectivity index (χ2n) is 8.00. The van der Waals surface area contributed by atoms with Gasteiger partial charge in [-0.15, -0.1) is 0 Å². The lowest BCUT2D eigenvalue weighted by atomic mass is 9.81. The molecule has 0 aliphatic carbocycles. The highest BCUT2D eigenvalue weighted by atomic mass is 16.5. The summed E-state index contributed by atoms with van der Waals surface area (Å²) in [6, 6.07) is 15.6. The summed E-state index contributed by atoms with van der Waals surface area (Å²) in [7, 11) is 5.24. The van der Waals surface area contributed by atoms with E-state index in [-0.39, 0.29) is 34.0 Å². The number of esters is 3. The second kappa shape index (κ2) is 9.87. The van der Waals surface area contributed by atoms with E-state index < -0.39 is 23.8 Å². The highest BCUT2D eigenvalue weighted by molar-refractivity contribution is 6.08. The predicted molar refractivity (Wildman–Crippen MR) is 132 cm³/mol. The maximum atomic E-state index is 13.2. The molecule has 0 bridgehead atoms. The molecule has 2 aromatic carbocycles. The van der Waals surface area contributed by atoms with Crippen molar-refractivity contribution in [2.75, 3.05) is 26.2 Å². The molecule has 4 rings (SSSR count). The molecule has 0 amide bonds. The summed E-state index contributed by atoms with van der Waals surface area (Å²) < 4.78 is 16.4. The van der Waals surface area contributed by atoms with Gasteiger partial charge in [-0.3, -0.25) is 9.58 Å². The Labute approximate surface area is 211 Å². The van der Waals surface area contributed by atoms with Gasteiger partial charge in [-0.2, -0.15) is 10.4 Å². The minimum Gasteiger partial charge on any atom is -0.466 e. The van der Waals surface area contributed by atoms with Crippen LogP contribution in [0, 0.1) is 11.3 Å². The maximum absolute atomic E-state index is 13.2. The molecule has 188 valence electrons. The molecule has 1 unspecified atom stereocenters. The van der Waals surface area contributed by atoms with Crippen molar-refractivity contribution in [3.8, 4) is 6.07 Å². The first-order valence-electron chi connectivity index (χ1n) is 11.0. The lowest BCUT2D eigenvalue weighted by Crippen LogP contribution is -2.40. The van der Waals surface area contributed by atoms with Gasteiger partial charge in [0, 0.05) is 18.1 Å². The number of hydrogen-bond donors (Lipinski definition) is 1. The number of carbonyl (C=O) groups excluding carboxylic acids is 3. The van der Waals surface area contributed by atoms with Crippen molar-refractivity contribution in [3.63, 3.8) is 0 Å². The van der Waals surface area contributed by atoms with Crippen LogP contribution < -0.4 is 10.6 Å². The average Bonchev–Trinajstić information content (AvgIpc) is 3.26. The average molecular weight is 501 g/mol. The first-order valence-corrected chi connectivity index (χ1v) is 11.0. The predicted octanol–water partition coefficient (Wildman–Crippen LogP) is 2.26. The number of aryl methyl sites for hydroxylation is 1. The van der Waals surface area contributed by atoms with E-state index in [9.17, 15) is 19.6 Å². The molecule has 37 heavy (non-hydrogen) atoms. The molecule has 0 spiro atoms. The molecule has 0 radical (unpaired) electrons. The van der Waals surface area contributed by atoms with Crippen LogP contribution in [0.2, 0.25) is 0 Å². The number of fused-ring (bicyclic) bond motifs is 1. The monoisotopic (exact) mass is 501 g/mol. The first-order chi connectivity index (χ1) is 17.8. The van der Waals surface area contributed by atoms with Gasteiger partial charge in [0.05, 0.1) is 50.0 Å². The van der Waals surface area contributed by atoms with Crippen LogP contribution >= 0.6 is 0 Å². The molecule has 0 saturated carbocycles. The van der Waals surface area contributed by atoms with Gasteiger partial charge in [0.2, 0.25) is 0 Å². The van der Waals surface area contributed by atoms with Crippen LogP contribution in [-0.4, -0.2) is 49.0 Å². The Morgan fingerprint density at radius 3 is 2.22 bits per heavy atom. The Kier molecular flexibility index (Phi) is 6.67. The van der Waals surface area contributed by atoms with Gasteiger partial charge in [-0.25, -0.2) is 14.4 Å². The Balaban J connectivity index is 2.07. The van der Waals surface area contributed by atoms with Gasteiger partial charge in [-0.05, 0) is 23.8 Å². The molecule has 3 aromatic rings. The number of allylic oxidation sites excluding steroid dienone is 1. The Bertz CT molecular complexity index is 1530. The molecule has 0 saturated heterocycles. The molecule has 1 aromatic heterocycles. The minimum atomic E-state index is -0.989. The number of methoxy groups -OCH3 is 3. The number of hydrogen-bond acceptors (Lipinski definition) is 10. The third-order valence-electron chi connectivity index (χ3n) is 6.08. The molecular formula is C26H23N5O6. The highest BCUT2D eigenvalue weighted by Gasteiger charge is 2.43. The fourth-order valence-electron chi connectivity index (χ4n) is 4.42. The van der Waals surface area contributed by atoms with Crippen LogP contribution in [0.5, 0.6) is 0 Å². The van der Waals surface area contributed by atoms with E-state index in [1.165, 1.54) is 30.9 Å². The zero-order valence-electron chi connectivity index (χ0n) is 20.5. The molecule has 1 aliphatic rings. The van der Waals surface area contributed by atoms with E-state index in [2.05, 4.69) is 11.2 Å². The number of aromatic nitrogens is 2. The fraction of sp³-hybridized carbons (Fsp3) is 0.192. The van der Waals surface area contributed by atoms with Gasteiger partial charge in [0.25, 0.3) is 0 Å². The largest absolute Gasteiger partial charge is 0.466 e. The molecule has 11 nitrogen and oxygen atoms in total. The quantitative estimate of drug-likeness (QED) is 0.407. The van der Waals surface area contributed by atoms with Crippen molar-refractivity contribution in [1.82, 2.24) is 9.78 Å². The van der Waals surface area contributed by atoms with Crippen LogP contribution in [0.25, 0.3) is 10.9 Å². The normalized spacial score (nSPS) is 15.4. The van der Waals surface area contributed by atoms with Gasteiger partial charge in [0.1, 0.15) is 11.5 Å². The molecular weight excluding hydrogens is 478 g/mol. The lowest BCUT2D eigenvalue weighted by Gasteiger charge is -2.35. The van der Waals surface area contributed by atoms with Gasteiger partial charge >= 0.3 is 17.9 Å². The smallest absolute Gasteiger partial charge is 0.359 e. The SMILES string of the molecule is COC(=O)C1=C(C(=O)OC)N(c2ccc3c(c2)c(C(=O)OC)nn3C)C(N)=C(C#N)C1c1ccccc1. The van der Waals surface area contributed by atoms with Crippen molar-refractivity contribution in [3.05, 3.63) is 82.5 Å². The lowest BCUT2D eigenvalue weighted by molar-refractivity contribution is -0.139. The number of carbonyl (C=O) groups is 3. The second-order valence-corrected chi connectivity index (χ2v) is 8.00. The molecule has 1 aliphatic heterocycles. The van der Waals surface area contributed by atoms with E-state index in [4.69, 9.17) is 19.9 Å². The molecule has 1 atom stereocenters. The number of ether oxygens (including phenoxy) is 3. The number of nitrogens with two attached hydrogens (primary N) is 1. The topological polar surface area (TPSA) is 150 Å². The summed E-state index contributed by atoms with van der Waals surface area (Å²) in [6.07, 6.45) is 0. The zero-order valence-corrected chi connectivity index (χ0v) is 20.5. The number of benzene rings is 2. The molecule has 2 heterocycles. The Morgan fingerprint density at radius 1 is 0.973 bits per heavy atom. The maximum Gasteiger partial charge on any atom is 0.359 e. The van der Waals surface area contributed by atoms with Crippen LogP contribution in [-0.2, 0) is 30.8 Å². The first kappa shape index (κ1) is 25.0. The van der Waals surface area contributed by atoms with Crippen LogP contribution in [0.4, 0.5) is 5.69 Å². The highest BCUT2D eigenvalue weighted by Crippen LogP contribution is 2.43. The summed E-state index contributed by atoms with van der Waals surface area (Å²) >= 11 is 0. The Hall–Kier alpha value is -5.11. The van der Waals surface area contributed by atoms with Gasteiger partial charge < -0.3 is 19.9 Å². The zero-order chi connectivity index (χ0) is 26.9. The van der Waals surface area contributed by atoms with E-state index >= 15 is 0 Å². The third-order valence-corrected chi connectivity index (χ3v) is 6.08. The van der Waals surface area contributed by atoms with Crippen molar-refractivity contribution in [2.24, 2.45) is 12.8 Å². The number of nitrogens with zero attached hydrogens (tertiary/aromatic N) is 4. The number of nitriles is 1. The standard InChI is InChI=1S/C26H23N5O6/c1-30-18-11-10-15(12-16(18)21(29-30)25(33)36-3)31-22(26(34)37-4)20(24(32)35-2)19(17(13-27)23(31)28)14-8-6-5-7-9-14/h5-12,19H,28H2,1-4H3. The summed E-state index contributed by atoms with van der Waals surface area (Å²) in [5.41, 5.74) is 7.70. The summed E-state index contributed by atoms with van der Waals surface area (Å²) in [4.78, 5) is 40.0. The van der Waals surface area contributed by atoms with E-state index in [1.54, 1.807) is 55.6 Å². The Morgan fingerprint density at radius 2 is 1.62 bits per heavy atom. The van der Waals surface area contributed by atoms with Crippen molar-refractivity contribution in [1.29, 1.82) is 5.26 Å². The summed E-state index contributed by atoms with van der Waals surface area (Å²) in [5, 5.41) is 14.8. The van der Waals surface area contributed by atoms with E-state index in [0.29, 0.717) is 16.5 Å². The fourth-order valence-corrected chi connectivity index (χ4v) is 4.42. The van der Waals surface area contributed by atoms with Crippen molar-refractivity contribution in [2.45, 2.75) is 5.92 Å². The summed E-state index contributed by atoms with van der Waals surface area (Å²) in [6.45, 7) is 0. The third kappa shape index (κ3) is 4.04. The number of rotatable bonds is 5. The van der Waals surface area contributed by atoms with Crippen molar-refractivity contribution >= 4 is 34.5 Å². The number of anilines is 1. The van der Waals surface area contributed by atoms with Crippen molar-refractivity contribution < 1.29 is 28.6 Å². The molecule has 0 fully saturated rings. The van der Waals surface area contributed by atoms with Crippen LogP contribution in [0.1, 0.15) is 22.0 Å². The van der Waals surface area contributed by atoms with Gasteiger partial charge in [-0.1, -0.05) is 30.3 Å².